The molecule has 0 heterocycles. The molecule has 1 unspecified atom stereocenters. The van der Waals surface area contributed by atoms with Crippen molar-refractivity contribution >= 4 is 21.6 Å². The predicted molar refractivity (Wildman–Crippen MR) is 88.5 cm³/mol. The Morgan fingerprint density at radius 3 is 2.71 bits per heavy atom. The molecule has 1 atom stereocenters. The zero-order valence-corrected chi connectivity index (χ0v) is 14.0. The lowest BCUT2D eigenvalue weighted by Gasteiger charge is -2.20. The molecule has 0 spiro atoms. The van der Waals surface area contributed by atoms with Gasteiger partial charge in [0.1, 0.15) is 11.6 Å². The molecule has 4 heteroatoms. The molecule has 21 heavy (non-hydrogen) atoms. The van der Waals surface area contributed by atoms with Gasteiger partial charge in [0, 0.05) is 11.3 Å². The topological polar surface area (TPSA) is 21.3 Å². The van der Waals surface area contributed by atoms with Crippen molar-refractivity contribution in [1.29, 1.82) is 0 Å². The zero-order valence-electron chi connectivity index (χ0n) is 12.4. The van der Waals surface area contributed by atoms with Crippen LogP contribution < -0.4 is 10.1 Å². The number of aryl methyl sites for hydroxylation is 1. The predicted octanol–water partition coefficient (Wildman–Crippen LogP) is 5.47. The van der Waals surface area contributed by atoms with Gasteiger partial charge in [-0.15, -0.1) is 0 Å². The highest BCUT2D eigenvalue weighted by molar-refractivity contribution is 9.10. The molecule has 0 radical (unpaired) electrons. The molecule has 2 rings (SSSR count). The first-order valence-corrected chi connectivity index (χ1v) is 7.76. The van der Waals surface area contributed by atoms with Crippen LogP contribution in [0, 0.1) is 12.7 Å². The van der Waals surface area contributed by atoms with E-state index in [9.17, 15) is 4.39 Å². The molecule has 2 aromatic carbocycles. The first kappa shape index (κ1) is 15.8. The number of halogens is 2. The van der Waals surface area contributed by atoms with Gasteiger partial charge in [0.2, 0.25) is 0 Å². The van der Waals surface area contributed by atoms with Gasteiger partial charge in [0.05, 0.1) is 17.1 Å². The number of ether oxygens (including phenoxy) is 1. The number of benzene rings is 2. The van der Waals surface area contributed by atoms with Gasteiger partial charge in [0.15, 0.2) is 0 Å². The molecule has 0 fully saturated rings. The first-order chi connectivity index (χ1) is 10.0. The molecule has 0 aliphatic heterocycles. The Kier molecular flexibility index (Phi) is 5.23. The van der Waals surface area contributed by atoms with Crippen LogP contribution >= 0.6 is 15.9 Å². The van der Waals surface area contributed by atoms with Crippen LogP contribution in [0.1, 0.15) is 31.0 Å². The second-order valence-electron chi connectivity index (χ2n) is 4.92. The van der Waals surface area contributed by atoms with Crippen molar-refractivity contribution in [2.24, 2.45) is 0 Å². The Hall–Kier alpha value is -1.55. The van der Waals surface area contributed by atoms with Crippen LogP contribution in [0.4, 0.5) is 10.1 Å². The molecule has 112 valence electrons. The van der Waals surface area contributed by atoms with Crippen LogP contribution in [0.25, 0.3) is 0 Å². The molecule has 2 aromatic rings. The largest absolute Gasteiger partial charge is 0.494 e. The molecular weight excluding hydrogens is 333 g/mol. The van der Waals surface area contributed by atoms with Gasteiger partial charge in [-0.3, -0.25) is 0 Å². The average Bonchev–Trinajstić information content (AvgIpc) is 2.45. The number of para-hydroxylation sites is 1. The van der Waals surface area contributed by atoms with E-state index in [0.29, 0.717) is 11.1 Å². The van der Waals surface area contributed by atoms with E-state index in [1.54, 1.807) is 6.07 Å². The van der Waals surface area contributed by atoms with Crippen LogP contribution in [0.3, 0.4) is 0 Å². The van der Waals surface area contributed by atoms with Gasteiger partial charge in [-0.25, -0.2) is 4.39 Å². The van der Waals surface area contributed by atoms with Crippen LogP contribution in [0.15, 0.2) is 40.9 Å². The average molecular weight is 352 g/mol. The summed E-state index contributed by atoms with van der Waals surface area (Å²) in [6.07, 6.45) is 0. The van der Waals surface area contributed by atoms with E-state index in [2.05, 4.69) is 21.2 Å². The monoisotopic (exact) mass is 351 g/mol. The van der Waals surface area contributed by atoms with Crippen LogP contribution in [0.2, 0.25) is 0 Å². The summed E-state index contributed by atoms with van der Waals surface area (Å²) in [7, 11) is 0. The van der Waals surface area contributed by atoms with E-state index in [1.807, 2.05) is 45.0 Å². The van der Waals surface area contributed by atoms with E-state index in [1.165, 1.54) is 6.07 Å². The molecule has 0 bridgehead atoms. The molecule has 0 aliphatic rings. The summed E-state index contributed by atoms with van der Waals surface area (Å²) in [6.45, 7) is 6.57. The van der Waals surface area contributed by atoms with Crippen molar-refractivity contribution < 1.29 is 9.13 Å². The maximum atomic E-state index is 13.7. The van der Waals surface area contributed by atoms with E-state index >= 15 is 0 Å². The Morgan fingerprint density at radius 2 is 2.00 bits per heavy atom. The normalized spacial score (nSPS) is 12.0. The summed E-state index contributed by atoms with van der Waals surface area (Å²) in [5.41, 5.74) is 2.83. The molecular formula is C17H19BrFNO. The molecule has 1 N–H and O–H groups in total. The van der Waals surface area contributed by atoms with Crippen molar-refractivity contribution in [2.75, 3.05) is 11.9 Å². The Bertz CT molecular complexity index is 630. The summed E-state index contributed by atoms with van der Waals surface area (Å²) >= 11 is 3.20. The quantitative estimate of drug-likeness (QED) is 0.771. The lowest BCUT2D eigenvalue weighted by atomic mass is 10.1. The minimum absolute atomic E-state index is 0.0204. The number of hydrogen-bond donors (Lipinski definition) is 1. The first-order valence-electron chi connectivity index (χ1n) is 6.96. The molecule has 0 amide bonds. The molecule has 0 saturated carbocycles. The number of hydrogen-bond acceptors (Lipinski definition) is 2. The standard InChI is InChI=1S/C17H19BrFNO/c1-4-21-17-8-6-5-7-13(17)12(3)20-16-10-15(19)14(18)9-11(16)2/h5-10,12,20H,4H2,1-3H3. The van der Waals surface area contributed by atoms with Crippen molar-refractivity contribution in [3.63, 3.8) is 0 Å². The SMILES string of the molecule is CCOc1ccccc1C(C)Nc1cc(F)c(Br)cc1C. The third kappa shape index (κ3) is 3.76. The maximum Gasteiger partial charge on any atom is 0.139 e. The van der Waals surface area contributed by atoms with Crippen LogP contribution in [-0.2, 0) is 0 Å². The van der Waals surface area contributed by atoms with E-state index < -0.39 is 0 Å². The van der Waals surface area contributed by atoms with Gasteiger partial charge in [-0.05, 0) is 60.5 Å². The van der Waals surface area contributed by atoms with Crippen molar-refractivity contribution in [3.8, 4) is 5.75 Å². The number of anilines is 1. The van der Waals surface area contributed by atoms with Gasteiger partial charge >= 0.3 is 0 Å². The summed E-state index contributed by atoms with van der Waals surface area (Å²) in [5.74, 6) is 0.587. The van der Waals surface area contributed by atoms with E-state index in [-0.39, 0.29) is 11.9 Å². The summed E-state index contributed by atoms with van der Waals surface area (Å²) in [4.78, 5) is 0. The van der Waals surface area contributed by atoms with Crippen LogP contribution in [0.5, 0.6) is 5.75 Å². The molecule has 0 aromatic heterocycles. The highest BCUT2D eigenvalue weighted by Crippen LogP contribution is 2.30. The van der Waals surface area contributed by atoms with Gasteiger partial charge in [0.25, 0.3) is 0 Å². The Balaban J connectivity index is 2.26. The Morgan fingerprint density at radius 1 is 1.29 bits per heavy atom. The lowest BCUT2D eigenvalue weighted by molar-refractivity contribution is 0.335. The smallest absolute Gasteiger partial charge is 0.139 e. The lowest BCUT2D eigenvalue weighted by Crippen LogP contribution is -2.10. The summed E-state index contributed by atoms with van der Waals surface area (Å²) < 4.78 is 19.8. The Labute approximate surface area is 133 Å². The van der Waals surface area contributed by atoms with Gasteiger partial charge in [-0.1, -0.05) is 18.2 Å². The zero-order chi connectivity index (χ0) is 15.4. The van der Waals surface area contributed by atoms with E-state index in [4.69, 9.17) is 4.74 Å². The third-order valence-corrected chi connectivity index (χ3v) is 3.93. The fourth-order valence-corrected chi connectivity index (χ4v) is 2.70. The summed E-state index contributed by atoms with van der Waals surface area (Å²) in [6, 6.07) is 11.2. The maximum absolute atomic E-state index is 13.7. The fraction of sp³-hybridized carbons (Fsp3) is 0.294. The number of rotatable bonds is 5. The second-order valence-corrected chi connectivity index (χ2v) is 5.77. The second kappa shape index (κ2) is 6.94. The molecule has 0 saturated heterocycles. The van der Waals surface area contributed by atoms with Gasteiger partial charge in [-0.2, -0.15) is 0 Å². The van der Waals surface area contributed by atoms with Crippen molar-refractivity contribution in [2.45, 2.75) is 26.8 Å². The minimum Gasteiger partial charge on any atom is -0.494 e. The van der Waals surface area contributed by atoms with E-state index in [0.717, 1.165) is 22.6 Å². The highest BCUT2D eigenvalue weighted by atomic mass is 79.9. The third-order valence-electron chi connectivity index (χ3n) is 3.32. The molecule has 2 nitrogen and oxygen atoms in total. The summed E-state index contributed by atoms with van der Waals surface area (Å²) in [5, 5.41) is 3.35. The van der Waals surface area contributed by atoms with Crippen molar-refractivity contribution in [1.82, 2.24) is 0 Å². The van der Waals surface area contributed by atoms with Gasteiger partial charge < -0.3 is 10.1 Å². The van der Waals surface area contributed by atoms with Crippen LogP contribution in [-0.4, -0.2) is 6.61 Å². The minimum atomic E-state index is -0.270. The molecule has 0 aliphatic carbocycles. The van der Waals surface area contributed by atoms with Crippen molar-refractivity contribution in [3.05, 3.63) is 57.8 Å². The highest BCUT2D eigenvalue weighted by Gasteiger charge is 2.13. The number of nitrogens with one attached hydrogen (secondary N) is 1. The fourth-order valence-electron chi connectivity index (χ4n) is 2.24.